The molecule has 0 radical (unpaired) electrons. The largest absolute Gasteiger partial charge is 0.323 e. The number of rotatable bonds is 6. The molecule has 0 aliphatic heterocycles. The smallest absolute Gasteiger partial charge is 0.152 e. The molecule has 3 nitrogen and oxygen atoms in total. The van der Waals surface area contributed by atoms with Crippen LogP contribution < -0.4 is 5.73 Å². The van der Waals surface area contributed by atoms with Gasteiger partial charge in [0.1, 0.15) is 0 Å². The SMILES string of the molecule is CCC(C)CS(=O)(=O)CC(N)c1ccccc1C. The van der Waals surface area contributed by atoms with Gasteiger partial charge >= 0.3 is 0 Å². The van der Waals surface area contributed by atoms with Crippen LogP contribution in [0.3, 0.4) is 0 Å². The molecule has 0 aliphatic carbocycles. The van der Waals surface area contributed by atoms with Crippen LogP contribution in [-0.2, 0) is 9.84 Å². The minimum Gasteiger partial charge on any atom is -0.323 e. The van der Waals surface area contributed by atoms with Gasteiger partial charge in [0.05, 0.1) is 11.5 Å². The second-order valence-electron chi connectivity index (χ2n) is 5.05. The summed E-state index contributed by atoms with van der Waals surface area (Å²) < 4.78 is 24.0. The maximum Gasteiger partial charge on any atom is 0.152 e. The summed E-state index contributed by atoms with van der Waals surface area (Å²) in [5.74, 6) is 0.449. The van der Waals surface area contributed by atoms with E-state index in [0.29, 0.717) is 0 Å². The zero-order chi connectivity index (χ0) is 13.8. The Bertz CT molecular complexity index is 482. The predicted molar refractivity (Wildman–Crippen MR) is 76.2 cm³/mol. The molecular formula is C14H23NO2S. The van der Waals surface area contributed by atoms with E-state index in [-0.39, 0.29) is 17.4 Å². The standard InChI is InChI=1S/C14H23NO2S/c1-4-11(2)9-18(16,17)10-14(15)13-8-6-5-7-12(13)3/h5-8,11,14H,4,9-10,15H2,1-3H3. The zero-order valence-electron chi connectivity index (χ0n) is 11.4. The molecule has 0 amide bonds. The number of hydrogen-bond acceptors (Lipinski definition) is 3. The van der Waals surface area contributed by atoms with E-state index in [4.69, 9.17) is 5.73 Å². The van der Waals surface area contributed by atoms with E-state index >= 15 is 0 Å². The Kier molecular flexibility index (Phi) is 5.35. The van der Waals surface area contributed by atoms with Gasteiger partial charge in [-0.3, -0.25) is 0 Å². The fraction of sp³-hybridized carbons (Fsp3) is 0.571. The van der Waals surface area contributed by atoms with Crippen molar-refractivity contribution in [1.82, 2.24) is 0 Å². The van der Waals surface area contributed by atoms with Crippen LogP contribution in [0, 0.1) is 12.8 Å². The molecule has 0 fully saturated rings. The third-order valence-electron chi connectivity index (χ3n) is 3.26. The third kappa shape index (κ3) is 4.42. The quantitative estimate of drug-likeness (QED) is 0.863. The molecule has 1 aromatic rings. The van der Waals surface area contributed by atoms with Crippen LogP contribution >= 0.6 is 0 Å². The Morgan fingerprint density at radius 3 is 2.39 bits per heavy atom. The molecule has 0 aliphatic rings. The molecule has 0 spiro atoms. The van der Waals surface area contributed by atoms with Gasteiger partial charge in [-0.25, -0.2) is 8.42 Å². The lowest BCUT2D eigenvalue weighted by atomic mass is 10.0. The molecule has 4 heteroatoms. The van der Waals surface area contributed by atoms with E-state index in [2.05, 4.69) is 0 Å². The van der Waals surface area contributed by atoms with Crippen LogP contribution in [0.15, 0.2) is 24.3 Å². The van der Waals surface area contributed by atoms with Crippen molar-refractivity contribution in [3.8, 4) is 0 Å². The molecule has 0 heterocycles. The predicted octanol–water partition coefficient (Wildman–Crippen LogP) is 2.46. The number of sulfone groups is 1. The molecule has 102 valence electrons. The average Bonchev–Trinajstić information content (AvgIpc) is 2.27. The van der Waals surface area contributed by atoms with Crippen LogP contribution in [0.5, 0.6) is 0 Å². The lowest BCUT2D eigenvalue weighted by molar-refractivity contribution is 0.559. The lowest BCUT2D eigenvalue weighted by Gasteiger charge is -2.16. The summed E-state index contributed by atoms with van der Waals surface area (Å²) >= 11 is 0. The highest BCUT2D eigenvalue weighted by Crippen LogP contribution is 2.18. The van der Waals surface area contributed by atoms with E-state index < -0.39 is 15.9 Å². The van der Waals surface area contributed by atoms with Crippen LogP contribution in [0.25, 0.3) is 0 Å². The first-order valence-corrected chi connectivity index (χ1v) is 8.19. The van der Waals surface area contributed by atoms with Gasteiger partial charge < -0.3 is 5.73 Å². The number of benzene rings is 1. The van der Waals surface area contributed by atoms with E-state index in [1.54, 1.807) is 0 Å². The molecule has 2 N–H and O–H groups in total. The fourth-order valence-electron chi connectivity index (χ4n) is 1.99. The normalized spacial score (nSPS) is 15.3. The van der Waals surface area contributed by atoms with Crippen molar-refractivity contribution >= 4 is 9.84 Å². The second kappa shape index (κ2) is 6.34. The monoisotopic (exact) mass is 269 g/mol. The van der Waals surface area contributed by atoms with Crippen molar-refractivity contribution in [2.75, 3.05) is 11.5 Å². The summed E-state index contributed by atoms with van der Waals surface area (Å²) in [5.41, 5.74) is 7.99. The molecule has 2 atom stereocenters. The first-order valence-electron chi connectivity index (χ1n) is 6.37. The Hall–Kier alpha value is -0.870. The molecule has 18 heavy (non-hydrogen) atoms. The molecule has 2 unspecified atom stereocenters. The fourth-order valence-corrected chi connectivity index (χ4v) is 3.95. The van der Waals surface area contributed by atoms with Crippen molar-refractivity contribution in [3.63, 3.8) is 0 Å². The summed E-state index contributed by atoms with van der Waals surface area (Å²) in [6.07, 6.45) is 0.874. The third-order valence-corrected chi connectivity index (χ3v) is 5.20. The summed E-state index contributed by atoms with van der Waals surface area (Å²) in [7, 11) is -3.08. The molecule has 0 saturated carbocycles. The van der Waals surface area contributed by atoms with Gasteiger partial charge in [0.15, 0.2) is 9.84 Å². The minimum atomic E-state index is -3.08. The number of aryl methyl sites for hydroxylation is 1. The van der Waals surface area contributed by atoms with E-state index in [1.807, 2.05) is 45.0 Å². The second-order valence-corrected chi connectivity index (χ2v) is 7.21. The number of nitrogens with two attached hydrogens (primary N) is 1. The maximum absolute atomic E-state index is 12.0. The highest BCUT2D eigenvalue weighted by atomic mass is 32.2. The zero-order valence-corrected chi connectivity index (χ0v) is 12.2. The molecule has 0 aromatic heterocycles. The van der Waals surface area contributed by atoms with Crippen molar-refractivity contribution < 1.29 is 8.42 Å². The van der Waals surface area contributed by atoms with Crippen LogP contribution in [0.2, 0.25) is 0 Å². The topological polar surface area (TPSA) is 60.2 Å². The van der Waals surface area contributed by atoms with Gasteiger partial charge in [-0.15, -0.1) is 0 Å². The first kappa shape index (κ1) is 15.2. The van der Waals surface area contributed by atoms with Crippen molar-refractivity contribution in [1.29, 1.82) is 0 Å². The van der Waals surface area contributed by atoms with Crippen molar-refractivity contribution in [2.45, 2.75) is 33.2 Å². The number of hydrogen-bond donors (Lipinski definition) is 1. The Morgan fingerprint density at radius 2 is 1.83 bits per heavy atom. The molecule has 1 aromatic carbocycles. The summed E-state index contributed by atoms with van der Waals surface area (Å²) in [6.45, 7) is 5.91. The lowest BCUT2D eigenvalue weighted by Crippen LogP contribution is -2.26. The van der Waals surface area contributed by atoms with Gasteiger partial charge in [-0.2, -0.15) is 0 Å². The van der Waals surface area contributed by atoms with Gasteiger partial charge in [-0.05, 0) is 24.0 Å². The van der Waals surface area contributed by atoms with E-state index in [0.717, 1.165) is 17.5 Å². The minimum absolute atomic E-state index is 0.0300. The average molecular weight is 269 g/mol. The van der Waals surface area contributed by atoms with Gasteiger partial charge in [0, 0.05) is 6.04 Å². The van der Waals surface area contributed by atoms with E-state index in [9.17, 15) is 8.42 Å². The molecular weight excluding hydrogens is 246 g/mol. The molecule has 0 saturated heterocycles. The molecule has 0 bridgehead atoms. The Balaban J connectivity index is 2.76. The van der Waals surface area contributed by atoms with Gasteiger partial charge in [0.25, 0.3) is 0 Å². The van der Waals surface area contributed by atoms with Crippen molar-refractivity contribution in [2.24, 2.45) is 11.7 Å². The van der Waals surface area contributed by atoms with Crippen molar-refractivity contribution in [3.05, 3.63) is 35.4 Å². The first-order chi connectivity index (χ1) is 8.35. The summed E-state index contributed by atoms with van der Waals surface area (Å²) in [5, 5.41) is 0. The van der Waals surface area contributed by atoms with E-state index in [1.165, 1.54) is 0 Å². The van der Waals surface area contributed by atoms with Crippen LogP contribution in [0.1, 0.15) is 37.4 Å². The Labute approximate surface area is 110 Å². The summed E-state index contributed by atoms with van der Waals surface area (Å²) in [6, 6.07) is 7.25. The highest BCUT2D eigenvalue weighted by molar-refractivity contribution is 7.91. The van der Waals surface area contributed by atoms with Crippen LogP contribution in [0.4, 0.5) is 0 Å². The van der Waals surface area contributed by atoms with Gasteiger partial charge in [0.2, 0.25) is 0 Å². The summed E-state index contributed by atoms with van der Waals surface area (Å²) in [4.78, 5) is 0. The highest BCUT2D eigenvalue weighted by Gasteiger charge is 2.20. The Morgan fingerprint density at radius 1 is 1.22 bits per heavy atom. The van der Waals surface area contributed by atoms with Crippen LogP contribution in [-0.4, -0.2) is 19.9 Å². The maximum atomic E-state index is 12.0. The molecule has 1 rings (SSSR count). The van der Waals surface area contributed by atoms with Gasteiger partial charge in [-0.1, -0.05) is 44.5 Å².